The summed E-state index contributed by atoms with van der Waals surface area (Å²) in [4.78, 5) is 24.3. The van der Waals surface area contributed by atoms with E-state index in [1.165, 1.54) is 4.90 Å². The number of rotatable bonds is 5. The van der Waals surface area contributed by atoms with Gasteiger partial charge in [0.05, 0.1) is 12.6 Å². The Morgan fingerprint density at radius 3 is 2.53 bits per heavy atom. The molecule has 0 aromatic carbocycles. The topological polar surface area (TPSA) is 55.8 Å². The third-order valence-electron chi connectivity index (χ3n) is 3.05. The van der Waals surface area contributed by atoms with Crippen LogP contribution in [0.2, 0.25) is 0 Å². The summed E-state index contributed by atoms with van der Waals surface area (Å²) in [5.41, 5.74) is 0. The number of methoxy groups -OCH3 is 1. The molecule has 1 saturated heterocycles. The number of carbonyl (C=O) groups excluding carboxylic acids is 2. The fraction of sp³-hybridized carbons (Fsp3) is 0.833. The lowest BCUT2D eigenvalue weighted by molar-refractivity contribution is -0.130. The molecule has 17 heavy (non-hydrogen) atoms. The Hall–Kier alpha value is -1.10. The zero-order valence-electron chi connectivity index (χ0n) is 10.9. The van der Waals surface area contributed by atoms with E-state index < -0.39 is 6.09 Å². The van der Waals surface area contributed by atoms with Crippen LogP contribution in [-0.2, 0) is 14.3 Å². The molecule has 0 spiro atoms. The van der Waals surface area contributed by atoms with Crippen molar-refractivity contribution in [3.8, 4) is 0 Å². The molecule has 2 amide bonds. The van der Waals surface area contributed by atoms with Crippen LogP contribution < -0.4 is 0 Å². The molecule has 2 unspecified atom stereocenters. The molecule has 0 N–H and O–H groups in total. The van der Waals surface area contributed by atoms with Crippen molar-refractivity contribution in [2.24, 2.45) is 11.8 Å². The highest BCUT2D eigenvalue weighted by Crippen LogP contribution is 2.20. The van der Waals surface area contributed by atoms with Crippen molar-refractivity contribution in [2.75, 3.05) is 20.3 Å². The number of hydrogen-bond acceptors (Lipinski definition) is 4. The first-order valence-corrected chi connectivity index (χ1v) is 5.97. The van der Waals surface area contributed by atoms with Gasteiger partial charge in [-0.2, -0.15) is 0 Å². The van der Waals surface area contributed by atoms with Gasteiger partial charge < -0.3 is 9.47 Å². The Kier molecular flexibility index (Phi) is 4.93. The minimum Gasteiger partial charge on any atom is -0.447 e. The fourth-order valence-electron chi connectivity index (χ4n) is 2.28. The molecule has 0 saturated carbocycles. The van der Waals surface area contributed by atoms with Gasteiger partial charge in [0.1, 0.15) is 6.61 Å². The average Bonchev–Trinajstić information content (AvgIpc) is 2.64. The number of imide groups is 1. The second kappa shape index (κ2) is 6.00. The Morgan fingerprint density at radius 2 is 2.12 bits per heavy atom. The van der Waals surface area contributed by atoms with Gasteiger partial charge in [0.15, 0.2) is 0 Å². The molecule has 0 bridgehead atoms. The van der Waals surface area contributed by atoms with Crippen LogP contribution in [0.5, 0.6) is 0 Å². The lowest BCUT2D eigenvalue weighted by Crippen LogP contribution is -2.36. The van der Waals surface area contributed by atoms with Crippen molar-refractivity contribution in [3.63, 3.8) is 0 Å². The third-order valence-corrected chi connectivity index (χ3v) is 3.05. The Morgan fingerprint density at radius 1 is 1.47 bits per heavy atom. The number of ether oxygens (including phenoxy) is 2. The number of carbonyl (C=O) groups is 2. The van der Waals surface area contributed by atoms with Gasteiger partial charge in [-0.1, -0.05) is 20.8 Å². The van der Waals surface area contributed by atoms with Crippen LogP contribution in [0.25, 0.3) is 0 Å². The van der Waals surface area contributed by atoms with Crippen LogP contribution in [0, 0.1) is 11.8 Å². The average molecular weight is 243 g/mol. The van der Waals surface area contributed by atoms with Crippen LogP contribution in [0.1, 0.15) is 27.2 Å². The Balaban J connectivity index is 2.52. The highest BCUT2D eigenvalue weighted by molar-refractivity contribution is 5.93. The predicted octanol–water partition coefficient (Wildman–Crippen LogP) is 1.66. The molecule has 5 heteroatoms. The van der Waals surface area contributed by atoms with Gasteiger partial charge in [-0.05, 0) is 11.8 Å². The highest BCUT2D eigenvalue weighted by Gasteiger charge is 2.31. The normalized spacial score (nSPS) is 19.4. The van der Waals surface area contributed by atoms with Crippen molar-refractivity contribution in [3.05, 3.63) is 0 Å². The first kappa shape index (κ1) is 14.0. The molecule has 5 nitrogen and oxygen atoms in total. The Bertz CT molecular complexity index is 290. The van der Waals surface area contributed by atoms with Crippen molar-refractivity contribution in [2.45, 2.75) is 33.3 Å². The zero-order chi connectivity index (χ0) is 13.0. The lowest BCUT2D eigenvalue weighted by Gasteiger charge is -2.26. The molecular formula is C12H21NO4. The fourth-order valence-corrected chi connectivity index (χ4v) is 2.28. The van der Waals surface area contributed by atoms with E-state index in [0.29, 0.717) is 25.5 Å². The maximum atomic E-state index is 11.9. The summed E-state index contributed by atoms with van der Waals surface area (Å²) in [5, 5.41) is 0. The molecule has 1 aliphatic heterocycles. The number of amides is 2. The van der Waals surface area contributed by atoms with E-state index in [-0.39, 0.29) is 17.9 Å². The van der Waals surface area contributed by atoms with Gasteiger partial charge in [0.25, 0.3) is 0 Å². The van der Waals surface area contributed by atoms with Crippen LogP contribution in [0.3, 0.4) is 0 Å². The monoisotopic (exact) mass is 243 g/mol. The van der Waals surface area contributed by atoms with Crippen molar-refractivity contribution in [1.29, 1.82) is 0 Å². The van der Waals surface area contributed by atoms with E-state index in [9.17, 15) is 9.59 Å². The van der Waals surface area contributed by atoms with Crippen molar-refractivity contribution in [1.82, 2.24) is 4.90 Å². The van der Waals surface area contributed by atoms with Crippen LogP contribution in [0.15, 0.2) is 0 Å². The van der Waals surface area contributed by atoms with Gasteiger partial charge in [-0.3, -0.25) is 4.79 Å². The van der Waals surface area contributed by atoms with E-state index >= 15 is 0 Å². The van der Waals surface area contributed by atoms with Gasteiger partial charge >= 0.3 is 6.09 Å². The Labute approximate surface area is 102 Å². The van der Waals surface area contributed by atoms with E-state index in [2.05, 4.69) is 13.8 Å². The van der Waals surface area contributed by atoms with E-state index in [0.717, 1.165) is 0 Å². The molecule has 2 atom stereocenters. The highest BCUT2D eigenvalue weighted by atomic mass is 16.6. The molecule has 0 aromatic rings. The largest absolute Gasteiger partial charge is 0.447 e. The van der Waals surface area contributed by atoms with Gasteiger partial charge in [-0.15, -0.1) is 0 Å². The van der Waals surface area contributed by atoms with Crippen LogP contribution in [0.4, 0.5) is 4.79 Å². The first-order valence-electron chi connectivity index (χ1n) is 5.97. The molecular weight excluding hydrogens is 222 g/mol. The second-order valence-electron chi connectivity index (χ2n) is 4.79. The summed E-state index contributed by atoms with van der Waals surface area (Å²) in [6, 6.07) is 0. The van der Waals surface area contributed by atoms with Crippen molar-refractivity contribution >= 4 is 12.0 Å². The van der Waals surface area contributed by atoms with Gasteiger partial charge in [0, 0.05) is 13.5 Å². The van der Waals surface area contributed by atoms with Crippen LogP contribution in [-0.4, -0.2) is 43.3 Å². The molecule has 98 valence electrons. The van der Waals surface area contributed by atoms with Crippen LogP contribution >= 0.6 is 0 Å². The third kappa shape index (κ3) is 3.43. The second-order valence-corrected chi connectivity index (χ2v) is 4.79. The smallest absolute Gasteiger partial charge is 0.416 e. The van der Waals surface area contributed by atoms with E-state index in [1.807, 2.05) is 6.92 Å². The molecule has 0 aliphatic carbocycles. The van der Waals surface area contributed by atoms with E-state index in [4.69, 9.17) is 9.47 Å². The van der Waals surface area contributed by atoms with Gasteiger partial charge in [-0.25, -0.2) is 9.69 Å². The SMILES string of the molecule is COC(C(C)C)C(C)CC(=O)N1CCOC1=O. The van der Waals surface area contributed by atoms with Crippen molar-refractivity contribution < 1.29 is 19.1 Å². The lowest BCUT2D eigenvalue weighted by atomic mass is 9.91. The maximum absolute atomic E-state index is 11.9. The summed E-state index contributed by atoms with van der Waals surface area (Å²) in [6.45, 7) is 6.74. The maximum Gasteiger partial charge on any atom is 0.416 e. The minimum absolute atomic E-state index is 0.0255. The first-order chi connectivity index (χ1) is 7.97. The molecule has 0 radical (unpaired) electrons. The number of nitrogens with zero attached hydrogens (tertiary/aromatic N) is 1. The molecule has 1 fully saturated rings. The molecule has 1 rings (SSSR count). The summed E-state index contributed by atoms with van der Waals surface area (Å²) in [5.74, 6) is 0.247. The minimum atomic E-state index is -0.527. The summed E-state index contributed by atoms with van der Waals surface area (Å²) < 4.78 is 10.1. The number of cyclic esters (lactones) is 1. The molecule has 0 aromatic heterocycles. The summed E-state index contributed by atoms with van der Waals surface area (Å²) in [7, 11) is 1.65. The molecule has 1 aliphatic rings. The predicted molar refractivity (Wildman–Crippen MR) is 62.5 cm³/mol. The summed E-state index contributed by atoms with van der Waals surface area (Å²) >= 11 is 0. The van der Waals surface area contributed by atoms with E-state index in [1.54, 1.807) is 7.11 Å². The number of hydrogen-bond donors (Lipinski definition) is 0. The zero-order valence-corrected chi connectivity index (χ0v) is 10.9. The quantitative estimate of drug-likeness (QED) is 0.737. The molecule has 1 heterocycles. The van der Waals surface area contributed by atoms with Gasteiger partial charge in [0.2, 0.25) is 5.91 Å². The standard InChI is InChI=1S/C12H21NO4/c1-8(2)11(16-4)9(3)7-10(14)13-5-6-17-12(13)15/h8-9,11H,5-7H2,1-4H3. The summed E-state index contributed by atoms with van der Waals surface area (Å²) in [6.07, 6.45) is -0.190.